The second-order valence-corrected chi connectivity index (χ2v) is 4.67. The fourth-order valence-electron chi connectivity index (χ4n) is 1.80. The topological polar surface area (TPSA) is 35.2 Å². The predicted octanol–water partition coefficient (Wildman–Crippen LogP) is 4.52. The molecule has 0 saturated carbocycles. The Hall–Kier alpha value is -1.74. The van der Waals surface area contributed by atoms with Gasteiger partial charge in [-0.2, -0.15) is 0 Å². The van der Waals surface area contributed by atoms with E-state index >= 15 is 0 Å². The van der Waals surface area contributed by atoms with Gasteiger partial charge in [-0.1, -0.05) is 18.5 Å². The molecule has 100 valence electrons. The molecule has 2 aromatic carbocycles. The van der Waals surface area contributed by atoms with Crippen molar-refractivity contribution in [2.24, 2.45) is 0 Å². The molecule has 0 aliphatic carbocycles. The first-order valence-corrected chi connectivity index (χ1v) is 6.46. The lowest BCUT2D eigenvalue weighted by atomic mass is 10.0. The van der Waals surface area contributed by atoms with Crippen molar-refractivity contribution in [2.45, 2.75) is 13.3 Å². The van der Waals surface area contributed by atoms with Gasteiger partial charge in [0.2, 0.25) is 0 Å². The van der Waals surface area contributed by atoms with E-state index in [4.69, 9.17) is 22.1 Å². The third-order valence-corrected chi connectivity index (χ3v) is 2.97. The Kier molecular flexibility index (Phi) is 4.27. The number of rotatable bonds is 4. The molecule has 2 rings (SSSR count). The van der Waals surface area contributed by atoms with E-state index in [-0.39, 0.29) is 5.82 Å². The second-order valence-electron chi connectivity index (χ2n) is 4.26. The summed E-state index contributed by atoms with van der Waals surface area (Å²) in [6.07, 6.45) is 0.908. The van der Waals surface area contributed by atoms with Gasteiger partial charge < -0.3 is 10.5 Å². The molecule has 0 amide bonds. The Morgan fingerprint density at radius 2 is 2.00 bits per heavy atom. The largest absolute Gasteiger partial charge is 0.494 e. The Labute approximate surface area is 117 Å². The summed E-state index contributed by atoms with van der Waals surface area (Å²) in [5, 5.41) is 0.480. The molecular weight excluding hydrogens is 265 g/mol. The van der Waals surface area contributed by atoms with Crippen LogP contribution in [0.15, 0.2) is 36.4 Å². The SMILES string of the molecule is CCCOc1cc(N)cc(-c2cc(F)ccc2Cl)c1. The number of hydrogen-bond donors (Lipinski definition) is 1. The van der Waals surface area contributed by atoms with Gasteiger partial charge in [-0.15, -0.1) is 0 Å². The van der Waals surface area contributed by atoms with Gasteiger partial charge in [-0.05, 0) is 42.3 Å². The minimum atomic E-state index is -0.335. The van der Waals surface area contributed by atoms with E-state index in [9.17, 15) is 4.39 Å². The van der Waals surface area contributed by atoms with Gasteiger partial charge in [0, 0.05) is 22.3 Å². The summed E-state index contributed by atoms with van der Waals surface area (Å²) in [5.41, 5.74) is 7.75. The fraction of sp³-hybridized carbons (Fsp3) is 0.200. The highest BCUT2D eigenvalue weighted by Gasteiger charge is 2.08. The van der Waals surface area contributed by atoms with Crippen LogP contribution in [0.1, 0.15) is 13.3 Å². The van der Waals surface area contributed by atoms with E-state index in [1.165, 1.54) is 18.2 Å². The lowest BCUT2D eigenvalue weighted by Crippen LogP contribution is -1.97. The molecule has 2 aromatic rings. The molecule has 0 aliphatic heterocycles. The highest BCUT2D eigenvalue weighted by Crippen LogP contribution is 2.32. The number of nitrogens with two attached hydrogens (primary N) is 1. The molecule has 2 nitrogen and oxygen atoms in total. The zero-order valence-electron chi connectivity index (χ0n) is 10.6. The Bertz CT molecular complexity index is 586. The van der Waals surface area contributed by atoms with Crippen molar-refractivity contribution in [3.63, 3.8) is 0 Å². The van der Waals surface area contributed by atoms with Crippen molar-refractivity contribution in [3.8, 4) is 16.9 Å². The average molecular weight is 280 g/mol. The highest BCUT2D eigenvalue weighted by molar-refractivity contribution is 6.33. The lowest BCUT2D eigenvalue weighted by Gasteiger charge is -2.10. The second kappa shape index (κ2) is 5.93. The molecule has 0 unspecified atom stereocenters. The molecule has 0 atom stereocenters. The van der Waals surface area contributed by atoms with Gasteiger partial charge in [0.15, 0.2) is 0 Å². The zero-order chi connectivity index (χ0) is 13.8. The maximum absolute atomic E-state index is 13.3. The van der Waals surface area contributed by atoms with Crippen LogP contribution in [0.3, 0.4) is 0 Å². The van der Waals surface area contributed by atoms with Gasteiger partial charge >= 0.3 is 0 Å². The van der Waals surface area contributed by atoms with Crippen molar-refractivity contribution in [3.05, 3.63) is 47.2 Å². The molecule has 19 heavy (non-hydrogen) atoms. The van der Waals surface area contributed by atoms with Gasteiger partial charge in [0.25, 0.3) is 0 Å². The fourth-order valence-corrected chi connectivity index (χ4v) is 2.03. The van der Waals surface area contributed by atoms with Crippen LogP contribution in [0, 0.1) is 5.82 Å². The first-order valence-electron chi connectivity index (χ1n) is 6.09. The van der Waals surface area contributed by atoms with Crippen LogP contribution in [-0.2, 0) is 0 Å². The van der Waals surface area contributed by atoms with Gasteiger partial charge in [-0.25, -0.2) is 4.39 Å². The molecule has 0 spiro atoms. The smallest absolute Gasteiger partial charge is 0.123 e. The minimum absolute atomic E-state index is 0.335. The minimum Gasteiger partial charge on any atom is -0.494 e. The van der Waals surface area contributed by atoms with Crippen LogP contribution >= 0.6 is 11.6 Å². The molecule has 0 aromatic heterocycles. The zero-order valence-corrected chi connectivity index (χ0v) is 11.4. The highest BCUT2D eigenvalue weighted by atomic mass is 35.5. The molecular formula is C15H15ClFNO. The third kappa shape index (κ3) is 3.38. The predicted molar refractivity (Wildman–Crippen MR) is 77.0 cm³/mol. The standard InChI is InChI=1S/C15H15ClFNO/c1-2-5-19-13-7-10(6-12(18)9-13)14-8-11(17)3-4-15(14)16/h3-4,6-9H,2,5,18H2,1H3. The van der Waals surface area contributed by atoms with Crippen molar-refractivity contribution >= 4 is 17.3 Å². The van der Waals surface area contributed by atoms with Gasteiger partial charge in [0.1, 0.15) is 11.6 Å². The summed E-state index contributed by atoms with van der Waals surface area (Å²) in [4.78, 5) is 0. The molecule has 4 heteroatoms. The Balaban J connectivity index is 2.43. The molecule has 0 radical (unpaired) electrons. The van der Waals surface area contributed by atoms with Crippen LogP contribution < -0.4 is 10.5 Å². The normalized spacial score (nSPS) is 10.5. The van der Waals surface area contributed by atoms with E-state index in [1.807, 2.05) is 13.0 Å². The average Bonchev–Trinajstić information content (AvgIpc) is 2.38. The van der Waals surface area contributed by atoms with Gasteiger partial charge in [0.05, 0.1) is 6.61 Å². The van der Waals surface area contributed by atoms with Crippen molar-refractivity contribution in [1.82, 2.24) is 0 Å². The third-order valence-electron chi connectivity index (χ3n) is 2.64. The van der Waals surface area contributed by atoms with Crippen LogP contribution in [-0.4, -0.2) is 6.61 Å². The van der Waals surface area contributed by atoms with Crippen LogP contribution in [0.25, 0.3) is 11.1 Å². The number of nitrogen functional groups attached to an aromatic ring is 1. The van der Waals surface area contributed by atoms with E-state index in [0.717, 1.165) is 12.0 Å². The van der Waals surface area contributed by atoms with Crippen molar-refractivity contribution in [2.75, 3.05) is 12.3 Å². The Morgan fingerprint density at radius 1 is 1.21 bits per heavy atom. The number of hydrogen-bond acceptors (Lipinski definition) is 2. The molecule has 0 bridgehead atoms. The van der Waals surface area contributed by atoms with Crippen molar-refractivity contribution < 1.29 is 9.13 Å². The molecule has 0 aliphatic rings. The summed E-state index contributed by atoms with van der Waals surface area (Å²) < 4.78 is 18.9. The number of halogens is 2. The Morgan fingerprint density at radius 3 is 2.74 bits per heavy atom. The lowest BCUT2D eigenvalue weighted by molar-refractivity contribution is 0.318. The molecule has 0 fully saturated rings. The molecule has 0 saturated heterocycles. The molecule has 0 heterocycles. The summed E-state index contributed by atoms with van der Waals surface area (Å²) in [7, 11) is 0. The van der Waals surface area contributed by atoms with E-state index in [0.29, 0.717) is 28.6 Å². The first kappa shape index (κ1) is 13.7. The summed E-state index contributed by atoms with van der Waals surface area (Å²) in [5.74, 6) is 0.329. The van der Waals surface area contributed by atoms with Crippen LogP contribution in [0.2, 0.25) is 5.02 Å². The van der Waals surface area contributed by atoms with Crippen LogP contribution in [0.4, 0.5) is 10.1 Å². The monoisotopic (exact) mass is 279 g/mol. The van der Waals surface area contributed by atoms with E-state index < -0.39 is 0 Å². The van der Waals surface area contributed by atoms with Crippen molar-refractivity contribution in [1.29, 1.82) is 0 Å². The summed E-state index contributed by atoms with van der Waals surface area (Å²) in [6.45, 7) is 2.64. The summed E-state index contributed by atoms with van der Waals surface area (Å²) >= 11 is 6.09. The number of benzene rings is 2. The number of anilines is 1. The van der Waals surface area contributed by atoms with Crippen LogP contribution in [0.5, 0.6) is 5.75 Å². The summed E-state index contributed by atoms with van der Waals surface area (Å²) in [6, 6.07) is 9.55. The first-order chi connectivity index (χ1) is 9.10. The van der Waals surface area contributed by atoms with Gasteiger partial charge in [-0.3, -0.25) is 0 Å². The number of ether oxygens (including phenoxy) is 1. The quantitative estimate of drug-likeness (QED) is 0.835. The van der Waals surface area contributed by atoms with E-state index in [2.05, 4.69) is 0 Å². The maximum Gasteiger partial charge on any atom is 0.123 e. The molecule has 2 N–H and O–H groups in total. The van der Waals surface area contributed by atoms with E-state index in [1.54, 1.807) is 12.1 Å². The maximum atomic E-state index is 13.3.